The Labute approximate surface area is 136 Å². The van der Waals surface area contributed by atoms with Gasteiger partial charge in [0.05, 0.1) is 10.7 Å². The third kappa shape index (κ3) is 2.13. The molecule has 2 aliphatic rings. The quantitative estimate of drug-likeness (QED) is 0.749. The number of likely N-dealkylation sites (N-methyl/N-ethyl adjacent to an activating group) is 1. The highest BCUT2D eigenvalue weighted by Gasteiger charge is 2.36. The first kappa shape index (κ1) is 14.1. The second kappa shape index (κ2) is 5.29. The van der Waals surface area contributed by atoms with E-state index in [4.69, 9.17) is 17.3 Å². The maximum atomic E-state index is 6.25. The lowest BCUT2D eigenvalue weighted by atomic mass is 9.74. The van der Waals surface area contributed by atoms with Crippen molar-refractivity contribution in [2.45, 2.75) is 31.2 Å². The van der Waals surface area contributed by atoms with Gasteiger partial charge in [0.15, 0.2) is 0 Å². The number of nitrogens with two attached hydrogens (primary N) is 1. The molecule has 0 fully saturated rings. The number of hydrogen-bond acceptors (Lipinski definition) is 2. The largest absolute Gasteiger partial charge is 0.398 e. The minimum Gasteiger partial charge on any atom is -0.398 e. The van der Waals surface area contributed by atoms with Crippen molar-refractivity contribution in [2.75, 3.05) is 19.3 Å². The van der Waals surface area contributed by atoms with Gasteiger partial charge in [-0.15, -0.1) is 0 Å². The number of nitrogen functional groups attached to an aromatic ring is 1. The third-order valence-electron chi connectivity index (χ3n) is 5.38. The van der Waals surface area contributed by atoms with E-state index < -0.39 is 0 Å². The van der Waals surface area contributed by atoms with Crippen LogP contribution in [-0.4, -0.2) is 24.5 Å². The van der Waals surface area contributed by atoms with E-state index in [-0.39, 0.29) is 0 Å². The normalized spacial score (nSPS) is 24.1. The molecule has 1 heterocycles. The maximum absolute atomic E-state index is 6.25. The molecular weight excluding hydrogens is 292 g/mol. The van der Waals surface area contributed by atoms with E-state index in [0.717, 1.165) is 19.4 Å². The summed E-state index contributed by atoms with van der Waals surface area (Å²) in [6.07, 6.45) is 3.39. The molecule has 0 radical (unpaired) electrons. The Kier molecular flexibility index (Phi) is 3.39. The molecule has 114 valence electrons. The minimum atomic E-state index is 0.409. The molecule has 2 aromatic rings. The second-order valence-electron chi connectivity index (χ2n) is 6.59. The highest BCUT2D eigenvalue weighted by atomic mass is 35.5. The third-order valence-corrected chi connectivity index (χ3v) is 5.71. The van der Waals surface area contributed by atoms with Crippen molar-refractivity contribution >= 4 is 17.3 Å². The van der Waals surface area contributed by atoms with E-state index in [1.165, 1.54) is 28.7 Å². The smallest absolute Gasteiger partial charge is 0.0638 e. The fourth-order valence-corrected chi connectivity index (χ4v) is 4.40. The maximum Gasteiger partial charge on any atom is 0.0638 e. The van der Waals surface area contributed by atoms with Crippen molar-refractivity contribution in [1.82, 2.24) is 4.90 Å². The molecule has 0 saturated heterocycles. The van der Waals surface area contributed by atoms with E-state index in [1.54, 1.807) is 0 Å². The minimum absolute atomic E-state index is 0.409. The van der Waals surface area contributed by atoms with Gasteiger partial charge in [-0.05, 0) is 60.7 Å². The lowest BCUT2D eigenvalue weighted by Gasteiger charge is -2.38. The Morgan fingerprint density at radius 3 is 2.77 bits per heavy atom. The standard InChI is InChI=1S/C19H21ClN2/c1-22-9-8-12-4-2-3-5-14(12)19-15-11-17(21)16(20)10-13(15)6-7-18(19)22/h2-5,10-11,18-19H,6-9,21H2,1H3. The van der Waals surface area contributed by atoms with Crippen LogP contribution in [0.5, 0.6) is 0 Å². The molecule has 2 aromatic carbocycles. The van der Waals surface area contributed by atoms with E-state index in [2.05, 4.69) is 48.3 Å². The average Bonchev–Trinajstić information content (AvgIpc) is 2.67. The van der Waals surface area contributed by atoms with E-state index in [9.17, 15) is 0 Å². The van der Waals surface area contributed by atoms with Crippen molar-refractivity contribution in [2.24, 2.45) is 0 Å². The van der Waals surface area contributed by atoms with Crippen LogP contribution in [-0.2, 0) is 12.8 Å². The topological polar surface area (TPSA) is 29.3 Å². The Morgan fingerprint density at radius 1 is 1.09 bits per heavy atom. The molecule has 0 amide bonds. The Morgan fingerprint density at radius 2 is 1.91 bits per heavy atom. The van der Waals surface area contributed by atoms with E-state index in [0.29, 0.717) is 22.7 Å². The number of fused-ring (bicyclic) bond motifs is 5. The molecule has 22 heavy (non-hydrogen) atoms. The van der Waals surface area contributed by atoms with Gasteiger partial charge in [0.2, 0.25) is 0 Å². The second-order valence-corrected chi connectivity index (χ2v) is 6.99. The van der Waals surface area contributed by atoms with Crippen LogP contribution < -0.4 is 5.73 Å². The molecule has 2 N–H and O–H groups in total. The van der Waals surface area contributed by atoms with Crippen molar-refractivity contribution in [3.8, 4) is 0 Å². The molecule has 1 aliphatic heterocycles. The summed E-state index contributed by atoms with van der Waals surface area (Å²) in [5.41, 5.74) is 12.5. The lowest BCUT2D eigenvalue weighted by molar-refractivity contribution is 0.214. The predicted molar refractivity (Wildman–Crippen MR) is 92.6 cm³/mol. The van der Waals surface area contributed by atoms with E-state index >= 15 is 0 Å². The summed E-state index contributed by atoms with van der Waals surface area (Å²) < 4.78 is 0. The summed E-state index contributed by atoms with van der Waals surface area (Å²) in [4.78, 5) is 2.53. The lowest BCUT2D eigenvalue weighted by Crippen LogP contribution is -2.39. The summed E-state index contributed by atoms with van der Waals surface area (Å²) in [6, 6.07) is 13.6. The fraction of sp³-hybridized carbons (Fsp3) is 0.368. The van der Waals surface area contributed by atoms with Gasteiger partial charge >= 0.3 is 0 Å². The van der Waals surface area contributed by atoms with Crippen LogP contribution in [0.15, 0.2) is 36.4 Å². The number of halogens is 1. The Balaban J connectivity index is 1.94. The SMILES string of the molecule is CN1CCc2ccccc2C2c3cc(N)c(Cl)cc3CCC21. The first-order valence-electron chi connectivity index (χ1n) is 8.01. The zero-order valence-corrected chi connectivity index (χ0v) is 13.6. The predicted octanol–water partition coefficient (Wildman–Crippen LogP) is 3.86. The summed E-state index contributed by atoms with van der Waals surface area (Å²) in [5, 5.41) is 0.687. The van der Waals surface area contributed by atoms with Gasteiger partial charge in [0.1, 0.15) is 0 Å². The van der Waals surface area contributed by atoms with Gasteiger partial charge < -0.3 is 10.6 Å². The Bertz CT molecular complexity index is 725. The molecule has 0 bridgehead atoms. The van der Waals surface area contributed by atoms with Gasteiger partial charge in [-0.3, -0.25) is 0 Å². The Hall–Kier alpha value is -1.51. The highest BCUT2D eigenvalue weighted by molar-refractivity contribution is 6.33. The van der Waals surface area contributed by atoms with Crippen LogP contribution in [0.25, 0.3) is 0 Å². The van der Waals surface area contributed by atoms with Gasteiger partial charge in [-0.2, -0.15) is 0 Å². The summed E-state index contributed by atoms with van der Waals surface area (Å²) in [5.74, 6) is 0.409. The molecule has 3 heteroatoms. The van der Waals surface area contributed by atoms with Crippen LogP contribution in [0.1, 0.15) is 34.6 Å². The number of aryl methyl sites for hydroxylation is 1. The molecular formula is C19H21ClN2. The molecule has 2 nitrogen and oxygen atoms in total. The highest BCUT2D eigenvalue weighted by Crippen LogP contribution is 2.43. The summed E-state index contributed by atoms with van der Waals surface area (Å²) >= 11 is 6.25. The van der Waals surface area contributed by atoms with Crippen LogP contribution in [0.4, 0.5) is 5.69 Å². The van der Waals surface area contributed by atoms with Crippen LogP contribution in [0, 0.1) is 0 Å². The zero-order chi connectivity index (χ0) is 15.3. The molecule has 0 saturated carbocycles. The van der Waals surface area contributed by atoms with E-state index in [1.807, 2.05) is 0 Å². The number of rotatable bonds is 0. The molecule has 2 atom stereocenters. The van der Waals surface area contributed by atoms with Gasteiger partial charge in [-0.1, -0.05) is 35.9 Å². The van der Waals surface area contributed by atoms with Gasteiger partial charge in [0.25, 0.3) is 0 Å². The van der Waals surface area contributed by atoms with Gasteiger partial charge in [0, 0.05) is 18.5 Å². The first-order valence-corrected chi connectivity index (χ1v) is 8.39. The molecule has 0 spiro atoms. The first-order chi connectivity index (χ1) is 10.6. The fourth-order valence-electron chi connectivity index (χ4n) is 4.21. The number of benzene rings is 2. The van der Waals surface area contributed by atoms with Crippen LogP contribution >= 0.6 is 11.6 Å². The number of nitrogens with zero attached hydrogens (tertiary/aromatic N) is 1. The van der Waals surface area contributed by atoms with Crippen molar-refractivity contribution in [3.63, 3.8) is 0 Å². The van der Waals surface area contributed by atoms with Crippen molar-refractivity contribution < 1.29 is 0 Å². The zero-order valence-electron chi connectivity index (χ0n) is 12.8. The molecule has 2 unspecified atom stereocenters. The van der Waals surface area contributed by atoms with Gasteiger partial charge in [-0.25, -0.2) is 0 Å². The number of anilines is 1. The van der Waals surface area contributed by atoms with Crippen LogP contribution in [0.3, 0.4) is 0 Å². The summed E-state index contributed by atoms with van der Waals surface area (Å²) in [6.45, 7) is 1.12. The monoisotopic (exact) mass is 312 g/mol. The number of hydrogen-bond donors (Lipinski definition) is 1. The van der Waals surface area contributed by atoms with Crippen LogP contribution in [0.2, 0.25) is 5.02 Å². The van der Waals surface area contributed by atoms with Crippen molar-refractivity contribution in [3.05, 3.63) is 63.7 Å². The molecule has 4 rings (SSSR count). The van der Waals surface area contributed by atoms with Crippen molar-refractivity contribution in [1.29, 1.82) is 0 Å². The average molecular weight is 313 g/mol. The summed E-state index contributed by atoms with van der Waals surface area (Å²) in [7, 11) is 2.26. The molecule has 1 aliphatic carbocycles. The molecule has 0 aromatic heterocycles.